The van der Waals surface area contributed by atoms with Crippen molar-refractivity contribution >= 4 is 72.0 Å². The van der Waals surface area contributed by atoms with Gasteiger partial charge < -0.3 is 23.7 Å². The monoisotopic (exact) mass is 1160 g/mol. The van der Waals surface area contributed by atoms with Crippen molar-refractivity contribution in [2.24, 2.45) is 0 Å². The van der Waals surface area contributed by atoms with Crippen molar-refractivity contribution in [3.8, 4) is 34.1 Å². The predicted octanol–water partition coefficient (Wildman–Crippen LogP) is 18.2. The van der Waals surface area contributed by atoms with Crippen LogP contribution in [0.3, 0.4) is 0 Å². The Morgan fingerprint density at radius 3 is 1.87 bits per heavy atom. The molecule has 0 saturated heterocycles. The Labute approximate surface area is 454 Å². The fourth-order valence-electron chi connectivity index (χ4n) is 10.5. The Kier molecular flexibility index (Phi) is 12.1. The number of hydrogen-bond donors (Lipinski definition) is 0. The zero-order valence-corrected chi connectivity index (χ0v) is 46.0. The van der Waals surface area contributed by atoms with Crippen LogP contribution in [0.2, 0.25) is 0 Å². The minimum absolute atomic E-state index is 0. The molecule has 0 N–H and O–H groups in total. The van der Waals surface area contributed by atoms with E-state index in [1.54, 1.807) is 0 Å². The molecule has 12 rings (SSSR count). The van der Waals surface area contributed by atoms with Crippen LogP contribution >= 0.6 is 0 Å². The van der Waals surface area contributed by atoms with E-state index in [0.717, 1.165) is 78.2 Å². The van der Waals surface area contributed by atoms with Crippen LogP contribution in [0, 0.1) is 25.4 Å². The molecule has 4 heterocycles. The van der Waals surface area contributed by atoms with E-state index in [1.807, 2.05) is 42.6 Å². The summed E-state index contributed by atoms with van der Waals surface area (Å²) in [6.45, 7) is 30.3. The van der Waals surface area contributed by atoms with Crippen molar-refractivity contribution in [1.82, 2.24) is 14.1 Å². The van der Waals surface area contributed by atoms with Gasteiger partial charge in [0.25, 0.3) is 0 Å². The number of aromatic nitrogens is 3. The van der Waals surface area contributed by atoms with Gasteiger partial charge in [0.05, 0.1) is 17.6 Å². The molecule has 0 fully saturated rings. The average molecular weight is 1160 g/mol. The van der Waals surface area contributed by atoms with Gasteiger partial charge in [0, 0.05) is 83.4 Å². The Morgan fingerprint density at radius 1 is 0.520 bits per heavy atom. The number of ether oxygens (including phenoxy) is 1. The number of fused-ring (bicyclic) bond motifs is 7. The van der Waals surface area contributed by atoms with Gasteiger partial charge in [-0.15, -0.1) is 48.1 Å². The molecular formula is C67H57N6OPt-3. The van der Waals surface area contributed by atoms with Crippen molar-refractivity contribution in [2.45, 2.75) is 78.6 Å². The molecule has 75 heavy (non-hydrogen) atoms. The van der Waals surface area contributed by atoms with Crippen molar-refractivity contribution in [1.29, 1.82) is 0 Å². The molecule has 0 atom stereocenters. The van der Waals surface area contributed by atoms with Crippen molar-refractivity contribution < 1.29 is 25.8 Å². The molecule has 1 aliphatic heterocycles. The summed E-state index contributed by atoms with van der Waals surface area (Å²) in [5.74, 6) is 1.94. The smallest absolute Gasteiger partial charge is 0.187 e. The van der Waals surface area contributed by atoms with E-state index in [4.69, 9.17) is 16.3 Å². The van der Waals surface area contributed by atoms with Gasteiger partial charge >= 0.3 is 0 Å². The molecule has 0 bridgehead atoms. The number of hydrogen-bond acceptors (Lipinski definition) is 4. The van der Waals surface area contributed by atoms with Gasteiger partial charge in [-0.05, 0) is 111 Å². The number of benzene rings is 8. The summed E-state index contributed by atoms with van der Waals surface area (Å²) in [6.07, 6.45) is 1.91. The first-order chi connectivity index (χ1) is 35.5. The summed E-state index contributed by atoms with van der Waals surface area (Å²) in [5.41, 5.74) is 15.3. The zero-order valence-electron chi connectivity index (χ0n) is 43.7. The number of pyridine rings is 1. The number of para-hydroxylation sites is 3. The van der Waals surface area contributed by atoms with Gasteiger partial charge in [-0.3, -0.25) is 0 Å². The van der Waals surface area contributed by atoms with Crippen LogP contribution in [-0.4, -0.2) is 14.1 Å². The molecule has 8 aromatic carbocycles. The van der Waals surface area contributed by atoms with E-state index in [1.165, 1.54) is 27.5 Å². The Balaban J connectivity index is 0.00000602. The SMILES string of the molecule is [C-]#[N+]c1cccc(-c2cccc3c2N(c2cc(C(C)(C)C)cc(C(C)(C)C)c2)[CH-]N3c2[c-]c(Oc3[c-]c4c(cc3)c3cc(-n5c6ccccc6c6ccccc65)ccc3n4-c3cc(C(C)(C)C)ccn3)ccc2)c1.[Pt]. The first-order valence-corrected chi connectivity index (χ1v) is 25.4. The third kappa shape index (κ3) is 8.75. The third-order valence-corrected chi connectivity index (χ3v) is 14.5. The number of rotatable bonds is 7. The van der Waals surface area contributed by atoms with E-state index >= 15 is 0 Å². The summed E-state index contributed by atoms with van der Waals surface area (Å²) in [7, 11) is 0. The molecule has 0 radical (unpaired) electrons. The molecule has 1 aliphatic rings. The third-order valence-electron chi connectivity index (χ3n) is 14.5. The summed E-state index contributed by atoms with van der Waals surface area (Å²) >= 11 is 0. The van der Waals surface area contributed by atoms with Gasteiger partial charge in [0.1, 0.15) is 5.82 Å². The van der Waals surface area contributed by atoms with Crippen LogP contribution in [-0.2, 0) is 37.3 Å². The van der Waals surface area contributed by atoms with Gasteiger partial charge in [-0.1, -0.05) is 141 Å². The van der Waals surface area contributed by atoms with Crippen LogP contribution in [0.5, 0.6) is 11.5 Å². The van der Waals surface area contributed by atoms with E-state index in [0.29, 0.717) is 17.2 Å². The van der Waals surface area contributed by atoms with E-state index in [9.17, 15) is 0 Å². The van der Waals surface area contributed by atoms with Crippen molar-refractivity contribution in [3.05, 3.63) is 223 Å². The van der Waals surface area contributed by atoms with Crippen LogP contribution in [0.15, 0.2) is 176 Å². The Morgan fingerprint density at radius 2 is 1.17 bits per heavy atom. The molecule has 0 saturated carbocycles. The maximum atomic E-state index is 7.84. The summed E-state index contributed by atoms with van der Waals surface area (Å²) < 4.78 is 11.4. The quantitative estimate of drug-likeness (QED) is 0.149. The zero-order chi connectivity index (χ0) is 51.3. The number of anilines is 4. The van der Waals surface area contributed by atoms with E-state index in [-0.39, 0.29) is 37.3 Å². The summed E-state index contributed by atoms with van der Waals surface area (Å²) in [4.78, 5) is 13.3. The molecule has 0 aliphatic carbocycles. The second kappa shape index (κ2) is 18.5. The molecular weight excluding hydrogens is 1100 g/mol. The first-order valence-electron chi connectivity index (χ1n) is 25.4. The van der Waals surface area contributed by atoms with E-state index < -0.39 is 0 Å². The molecule has 11 aromatic rings. The molecule has 0 amide bonds. The molecule has 7 nitrogen and oxygen atoms in total. The van der Waals surface area contributed by atoms with Crippen LogP contribution < -0.4 is 14.5 Å². The standard InChI is InChI=1S/C67H57N6O.Pt/c1-65(2,3)44-32-33-69-63(38-44)73-60-31-28-49(72-58-25-13-11-22-54(58)55-23-12-14-26-59(55)72)40-57(60)56-30-29-52(41-62(56)73)74-51-21-16-20-48(39-51)70-42-71(50-36-45(66(4,5)6)35-46(37-50)67(7,8)9)64-53(24-17-27-61(64)70)43-18-15-19-47(34-43)68-10;/h11-38,40,42H,1-9H3;/q-3;. The van der Waals surface area contributed by atoms with Gasteiger partial charge in [-0.2, -0.15) is 12.1 Å². The van der Waals surface area contributed by atoms with Crippen molar-refractivity contribution in [2.75, 3.05) is 9.80 Å². The second-order valence-electron chi connectivity index (χ2n) is 22.6. The van der Waals surface area contributed by atoms with E-state index in [2.05, 4.69) is 238 Å². The maximum Gasteiger partial charge on any atom is 0.187 e. The topological polar surface area (TPSA) is 42.8 Å². The van der Waals surface area contributed by atoms with Gasteiger partial charge in [0.2, 0.25) is 0 Å². The van der Waals surface area contributed by atoms with Crippen LogP contribution in [0.4, 0.5) is 28.4 Å². The molecule has 0 unspecified atom stereocenters. The normalized spacial score (nSPS) is 12.9. The summed E-state index contributed by atoms with van der Waals surface area (Å²) in [6, 6.07) is 67.2. The minimum Gasteiger partial charge on any atom is -0.509 e. The molecule has 374 valence electrons. The second-order valence-corrected chi connectivity index (χ2v) is 22.6. The fourth-order valence-corrected chi connectivity index (χ4v) is 10.5. The molecule has 0 spiro atoms. The van der Waals surface area contributed by atoms with Gasteiger partial charge in [0.15, 0.2) is 5.69 Å². The Hall–Kier alpha value is -7.91. The minimum atomic E-state index is -0.0844. The summed E-state index contributed by atoms with van der Waals surface area (Å²) in [5, 5.41) is 4.58. The van der Waals surface area contributed by atoms with Gasteiger partial charge in [-0.25, -0.2) is 9.83 Å². The van der Waals surface area contributed by atoms with Crippen LogP contribution in [0.1, 0.15) is 79.0 Å². The average Bonchev–Trinajstić information content (AvgIpc) is 4.11. The van der Waals surface area contributed by atoms with Crippen LogP contribution in [0.25, 0.3) is 71.1 Å². The predicted molar refractivity (Wildman–Crippen MR) is 306 cm³/mol. The maximum absolute atomic E-state index is 7.84. The number of nitrogens with zero attached hydrogens (tertiary/aromatic N) is 6. The molecule has 3 aromatic heterocycles. The molecule has 8 heteroatoms. The van der Waals surface area contributed by atoms with Crippen molar-refractivity contribution in [3.63, 3.8) is 0 Å². The fraction of sp³-hybridized carbons (Fsp3) is 0.179. The largest absolute Gasteiger partial charge is 0.509 e. The Bertz CT molecular complexity index is 3990. The first kappa shape index (κ1) is 49.3.